The molecule has 0 fully saturated rings. The topological polar surface area (TPSA) is 164 Å². The average molecular weight is 1190 g/mol. The second kappa shape index (κ2) is 26.2. The number of carbonyl (C=O) groups is 5. The molecule has 2 atom stereocenters. The van der Waals surface area contributed by atoms with Gasteiger partial charge in [0.1, 0.15) is 46.1 Å². The van der Waals surface area contributed by atoms with E-state index in [0.29, 0.717) is 92.2 Å². The van der Waals surface area contributed by atoms with Crippen molar-refractivity contribution >= 4 is 76.3 Å². The molecule has 0 saturated heterocycles. The number of hydrogen-bond donors (Lipinski definition) is 2. The van der Waals surface area contributed by atoms with Gasteiger partial charge in [-0.15, -0.1) is 35.1 Å². The number of thiophene rings is 2. The maximum absolute atomic E-state index is 13.8. The van der Waals surface area contributed by atoms with Crippen LogP contribution in [0, 0.1) is 13.8 Å². The Labute approximate surface area is 479 Å². The van der Waals surface area contributed by atoms with Crippen LogP contribution in [-0.2, 0) is 67.1 Å². The number of nitrogens with one attached hydrogen (secondary N) is 1. The Kier molecular flexibility index (Phi) is 20.4. The van der Waals surface area contributed by atoms with Gasteiger partial charge in [0.2, 0.25) is 5.91 Å². The molecule has 14 nitrogen and oxygen atoms in total. The monoisotopic (exact) mass is 1190 g/mol. The van der Waals surface area contributed by atoms with Crippen LogP contribution in [0.25, 0.3) is 22.3 Å². The lowest BCUT2D eigenvalue weighted by molar-refractivity contribution is -0.144. The minimum absolute atomic E-state index is 0. The number of ether oxygens (including phenoxy) is 4. The summed E-state index contributed by atoms with van der Waals surface area (Å²) in [5.41, 5.74) is 4.90. The number of esters is 1. The number of benzene rings is 4. The van der Waals surface area contributed by atoms with Gasteiger partial charge in [-0.2, -0.15) is 26.3 Å². The molecule has 4 aromatic carbocycles. The van der Waals surface area contributed by atoms with Gasteiger partial charge in [0, 0.05) is 41.0 Å². The van der Waals surface area contributed by atoms with Crippen LogP contribution in [0.1, 0.15) is 75.4 Å². The Morgan fingerprint density at radius 2 is 1.11 bits per heavy atom. The molecule has 0 radical (unpaired) electrons. The van der Waals surface area contributed by atoms with Crippen molar-refractivity contribution in [3.63, 3.8) is 0 Å². The number of methoxy groups -OCH3 is 1. The highest BCUT2D eigenvalue weighted by molar-refractivity contribution is 7.13. The van der Waals surface area contributed by atoms with Crippen molar-refractivity contribution in [1.82, 2.24) is 10.2 Å². The summed E-state index contributed by atoms with van der Waals surface area (Å²) >= 11 is 1.32. The van der Waals surface area contributed by atoms with E-state index in [1.807, 2.05) is 6.92 Å². The number of carbonyl (C=O) groups excluding carboxylic acids is 4. The zero-order chi connectivity index (χ0) is 58.4. The van der Waals surface area contributed by atoms with Crippen LogP contribution in [0.2, 0.25) is 0 Å². The molecule has 0 saturated carbocycles. The van der Waals surface area contributed by atoms with E-state index >= 15 is 0 Å². The van der Waals surface area contributed by atoms with E-state index in [0.717, 1.165) is 27.3 Å². The van der Waals surface area contributed by atoms with Crippen LogP contribution in [0.3, 0.4) is 0 Å². The number of halogens is 7. The van der Waals surface area contributed by atoms with Gasteiger partial charge < -0.3 is 39.2 Å². The molecule has 0 unspecified atom stereocenters. The summed E-state index contributed by atoms with van der Waals surface area (Å²) in [4.78, 5) is 66.6. The van der Waals surface area contributed by atoms with E-state index in [-0.39, 0.29) is 55.5 Å². The number of aliphatic carboxylic acids is 1. The second-order valence-electron chi connectivity index (χ2n) is 20.0. The molecule has 2 aliphatic rings. The van der Waals surface area contributed by atoms with Crippen molar-refractivity contribution < 1.29 is 74.4 Å². The van der Waals surface area contributed by atoms with Gasteiger partial charge in [0.15, 0.2) is 0 Å². The summed E-state index contributed by atoms with van der Waals surface area (Å²) in [5, 5.41) is 11.8. The lowest BCUT2D eigenvalue weighted by atomic mass is 10.1. The molecular weight excluding hydrogens is 1130 g/mol. The van der Waals surface area contributed by atoms with Crippen molar-refractivity contribution in [2.24, 2.45) is 0 Å². The van der Waals surface area contributed by atoms with Crippen molar-refractivity contribution in [2.75, 3.05) is 44.1 Å². The standard InChI is InChI=1S/C32H35F3N2O6S.C26H25F3N2O4S.ClH/c1-19-14-22(42-18-23-16-24(20-10-8-7-9-11-20)28(44-23)32(33,34)35)15-21-12-13-37(27(19)21)29(39)25(17-26(38)41-6)36(5)30(40)43-31(2,3)4;1-15-10-18(11-17-8-9-31(23(15)17)25(34)21(30-2)13-22(32)33)35-14-19-12-20(16-6-4-3-5-7-16)24(36-19)26(27,28)29;/h7-11,14-16,25H,12-13,17-18H2,1-6H3;3-7,10-12,21,30H,8-9,13-14H2,1-2H3,(H,32,33);1H/t25-;21-;/m11./s1. The lowest BCUT2D eigenvalue weighted by Gasteiger charge is -2.32. The van der Waals surface area contributed by atoms with Crippen LogP contribution in [0.15, 0.2) is 97.1 Å². The molecule has 3 amide bonds. The number of carboxylic acid groups (broad SMARTS) is 1. The number of anilines is 2. The SMILES string of the molecule is CN[C@H](CC(=O)O)C(=O)N1CCc2cc(OCc3cc(-c4ccccc4)c(C(F)(F)F)s3)cc(C)c21.COC(=O)C[C@H](C(=O)N1CCc2cc(OCc3cc(-c4ccccc4)c(C(F)(F)F)s3)cc(C)c21)N(C)C(=O)OC(C)(C)C.Cl. The number of amides is 3. The first-order valence-corrected chi connectivity index (χ1v) is 26.9. The quantitative estimate of drug-likeness (QED) is 0.0700. The maximum atomic E-state index is 13.8. The van der Waals surface area contributed by atoms with Crippen LogP contribution in [-0.4, -0.2) is 91.8 Å². The third kappa shape index (κ3) is 15.5. The minimum Gasteiger partial charge on any atom is -0.488 e. The first-order chi connectivity index (χ1) is 37.7. The normalized spacial score (nSPS) is 13.7. The fraction of sp³-hybridized carbons (Fsp3) is 0.362. The fourth-order valence-corrected chi connectivity index (χ4v) is 11.4. The lowest BCUT2D eigenvalue weighted by Crippen LogP contribution is -2.51. The highest BCUT2D eigenvalue weighted by Crippen LogP contribution is 2.45. The molecule has 2 aromatic heterocycles. The van der Waals surface area contributed by atoms with Gasteiger partial charge in [-0.25, -0.2) is 4.79 Å². The summed E-state index contributed by atoms with van der Waals surface area (Å²) in [7, 11) is 4.15. The smallest absolute Gasteiger partial charge is 0.426 e. The molecule has 434 valence electrons. The molecule has 81 heavy (non-hydrogen) atoms. The maximum Gasteiger partial charge on any atom is 0.426 e. The largest absolute Gasteiger partial charge is 0.488 e. The van der Waals surface area contributed by atoms with E-state index in [9.17, 15) is 50.3 Å². The zero-order valence-electron chi connectivity index (χ0n) is 45.5. The van der Waals surface area contributed by atoms with Crippen LogP contribution in [0.4, 0.5) is 42.5 Å². The van der Waals surface area contributed by atoms with Crippen molar-refractivity contribution in [3.05, 3.63) is 139 Å². The Morgan fingerprint density at radius 1 is 0.679 bits per heavy atom. The summed E-state index contributed by atoms with van der Waals surface area (Å²) in [6.45, 7) is 9.34. The Morgan fingerprint density at radius 3 is 1.49 bits per heavy atom. The molecule has 8 rings (SSSR count). The van der Waals surface area contributed by atoms with E-state index in [2.05, 4.69) is 5.32 Å². The summed E-state index contributed by atoms with van der Waals surface area (Å²) < 4.78 is 104. The van der Waals surface area contributed by atoms with Gasteiger partial charge in [0.25, 0.3) is 5.91 Å². The zero-order valence-corrected chi connectivity index (χ0v) is 48.0. The van der Waals surface area contributed by atoms with Gasteiger partial charge in [0.05, 0.1) is 37.4 Å². The van der Waals surface area contributed by atoms with Gasteiger partial charge in [-0.1, -0.05) is 60.7 Å². The number of aryl methyl sites for hydroxylation is 2. The molecule has 0 bridgehead atoms. The Balaban J connectivity index is 0.000000263. The number of hydrogen-bond acceptors (Lipinski definition) is 12. The van der Waals surface area contributed by atoms with Gasteiger partial charge in [-0.05, 0) is 124 Å². The number of rotatable bonds is 16. The highest BCUT2D eigenvalue weighted by atomic mass is 35.5. The molecule has 2 N–H and O–H groups in total. The van der Waals surface area contributed by atoms with E-state index < -0.39 is 63.7 Å². The van der Waals surface area contributed by atoms with Crippen molar-refractivity contribution in [3.8, 4) is 33.8 Å². The molecule has 23 heteroatoms. The number of fused-ring (bicyclic) bond motifs is 2. The molecular formula is C58H61ClF6N4O10S2. The van der Waals surface area contributed by atoms with Gasteiger partial charge >= 0.3 is 30.4 Å². The average Bonchev–Trinajstić information content (AvgIpc) is 4.26. The van der Waals surface area contributed by atoms with Crippen LogP contribution < -0.4 is 24.6 Å². The Hall–Kier alpha value is -7.14. The number of likely N-dealkylation sites (N-methyl/N-ethyl adjacent to an activating group) is 2. The molecule has 0 aliphatic carbocycles. The van der Waals surface area contributed by atoms with Gasteiger partial charge in [-0.3, -0.25) is 24.1 Å². The van der Waals surface area contributed by atoms with Crippen LogP contribution in [0.5, 0.6) is 11.5 Å². The summed E-state index contributed by atoms with van der Waals surface area (Å²) in [6, 6.07) is 24.9. The van der Waals surface area contributed by atoms with Crippen LogP contribution >= 0.6 is 35.1 Å². The Bertz CT molecular complexity index is 3240. The molecule has 0 spiro atoms. The third-order valence-corrected chi connectivity index (χ3v) is 15.4. The summed E-state index contributed by atoms with van der Waals surface area (Å²) in [6.07, 6.45) is -9.36. The third-order valence-electron chi connectivity index (χ3n) is 13.0. The highest BCUT2D eigenvalue weighted by Gasteiger charge is 2.40. The fourth-order valence-electron chi connectivity index (χ4n) is 9.45. The van der Waals surface area contributed by atoms with Crippen molar-refractivity contribution in [1.29, 1.82) is 0 Å². The second-order valence-corrected chi connectivity index (χ2v) is 22.3. The van der Waals surface area contributed by atoms with E-state index in [1.54, 1.807) is 125 Å². The first kappa shape index (κ1) is 63.0. The molecule has 6 aromatic rings. The molecule has 2 aliphatic heterocycles. The molecule has 4 heterocycles. The summed E-state index contributed by atoms with van der Waals surface area (Å²) in [5.74, 6) is -1.56. The minimum atomic E-state index is -4.50. The predicted molar refractivity (Wildman–Crippen MR) is 299 cm³/mol. The first-order valence-electron chi connectivity index (χ1n) is 25.2. The van der Waals surface area contributed by atoms with Crippen molar-refractivity contribution in [2.45, 2.75) is 104 Å². The number of carboxylic acids is 1. The number of alkyl halides is 6. The number of nitrogens with zero attached hydrogens (tertiary/aromatic N) is 3. The van der Waals surface area contributed by atoms with E-state index in [1.165, 1.54) is 31.2 Å². The predicted octanol–water partition coefficient (Wildman–Crippen LogP) is 12.7. The van der Waals surface area contributed by atoms with E-state index in [4.69, 9.17) is 24.1 Å².